The summed E-state index contributed by atoms with van der Waals surface area (Å²) < 4.78 is 27.8. The number of hydrogen-bond donors (Lipinski definition) is 2. The van der Waals surface area contributed by atoms with Crippen molar-refractivity contribution in [2.45, 2.75) is 16.7 Å². The van der Waals surface area contributed by atoms with Crippen molar-refractivity contribution in [3.8, 4) is 0 Å². The average Bonchev–Trinajstić information content (AvgIpc) is 2.35. The number of rotatable bonds is 3. The van der Waals surface area contributed by atoms with Crippen LogP contribution in [0.15, 0.2) is 46.2 Å². The van der Waals surface area contributed by atoms with Gasteiger partial charge < -0.3 is 5.73 Å². The van der Waals surface area contributed by atoms with E-state index >= 15 is 0 Å². The second kappa shape index (κ2) is 5.40. The molecule has 3 N–H and O–H groups in total. The first kappa shape index (κ1) is 13.5. The fourth-order valence-corrected chi connectivity index (χ4v) is 2.50. The molecule has 2 rings (SSSR count). The molecule has 0 radical (unpaired) electrons. The van der Waals surface area contributed by atoms with Crippen molar-refractivity contribution in [1.29, 1.82) is 5.41 Å². The van der Waals surface area contributed by atoms with Gasteiger partial charge in [-0.3, -0.25) is 5.41 Å². The van der Waals surface area contributed by atoms with Crippen molar-refractivity contribution >= 4 is 17.6 Å². The molecular formula is C14H12F2N2S. The van der Waals surface area contributed by atoms with Crippen molar-refractivity contribution in [3.63, 3.8) is 0 Å². The van der Waals surface area contributed by atoms with Crippen molar-refractivity contribution in [3.05, 3.63) is 59.2 Å². The van der Waals surface area contributed by atoms with Gasteiger partial charge in [-0.1, -0.05) is 30.0 Å². The highest BCUT2D eigenvalue weighted by molar-refractivity contribution is 7.99. The van der Waals surface area contributed by atoms with Crippen LogP contribution in [0.4, 0.5) is 8.78 Å². The van der Waals surface area contributed by atoms with E-state index < -0.39 is 11.6 Å². The lowest BCUT2D eigenvalue weighted by molar-refractivity contribution is 0.540. The molecule has 0 unspecified atom stereocenters. The van der Waals surface area contributed by atoms with E-state index in [1.807, 2.05) is 25.1 Å². The fraction of sp³-hybridized carbons (Fsp3) is 0.0714. The normalized spacial score (nSPS) is 10.5. The van der Waals surface area contributed by atoms with Crippen LogP contribution in [-0.4, -0.2) is 5.84 Å². The quantitative estimate of drug-likeness (QED) is 0.664. The van der Waals surface area contributed by atoms with Crippen LogP contribution < -0.4 is 5.73 Å². The lowest BCUT2D eigenvalue weighted by atomic mass is 10.2. The van der Waals surface area contributed by atoms with Crippen molar-refractivity contribution < 1.29 is 8.78 Å². The highest BCUT2D eigenvalue weighted by Gasteiger charge is 2.14. The van der Waals surface area contributed by atoms with Crippen LogP contribution in [0.3, 0.4) is 0 Å². The lowest BCUT2D eigenvalue weighted by Gasteiger charge is -2.09. The van der Waals surface area contributed by atoms with Crippen LogP contribution in [0.25, 0.3) is 0 Å². The highest BCUT2D eigenvalue weighted by atomic mass is 32.2. The summed E-state index contributed by atoms with van der Waals surface area (Å²) in [6, 6.07) is 9.51. The first-order valence-corrected chi connectivity index (χ1v) is 6.37. The summed E-state index contributed by atoms with van der Waals surface area (Å²) in [6.45, 7) is 1.88. The van der Waals surface area contributed by atoms with E-state index in [9.17, 15) is 8.78 Å². The second-order valence-corrected chi connectivity index (χ2v) is 5.10. The maximum atomic E-state index is 13.9. The van der Waals surface area contributed by atoms with Gasteiger partial charge in [-0.2, -0.15) is 0 Å². The van der Waals surface area contributed by atoms with Crippen LogP contribution in [-0.2, 0) is 0 Å². The molecule has 98 valence electrons. The topological polar surface area (TPSA) is 49.9 Å². The van der Waals surface area contributed by atoms with Crippen molar-refractivity contribution in [2.75, 3.05) is 0 Å². The number of halogens is 2. The first-order valence-electron chi connectivity index (χ1n) is 5.56. The van der Waals surface area contributed by atoms with Gasteiger partial charge in [-0.25, -0.2) is 8.78 Å². The Morgan fingerprint density at radius 1 is 1.16 bits per heavy atom. The van der Waals surface area contributed by atoms with E-state index in [1.165, 1.54) is 0 Å². The van der Waals surface area contributed by atoms with Crippen LogP contribution in [0.5, 0.6) is 0 Å². The number of nitrogens with two attached hydrogens (primary N) is 1. The summed E-state index contributed by atoms with van der Waals surface area (Å²) >= 11 is 1.03. The summed E-state index contributed by atoms with van der Waals surface area (Å²) in [5, 5.41) is 7.19. The molecule has 2 nitrogen and oxygen atoms in total. The number of hydrogen-bond acceptors (Lipinski definition) is 2. The molecule has 0 spiro atoms. The molecule has 0 aliphatic rings. The largest absolute Gasteiger partial charge is 0.384 e. The minimum atomic E-state index is -0.710. The van der Waals surface area contributed by atoms with E-state index in [2.05, 4.69) is 0 Å². The molecule has 0 aliphatic heterocycles. The monoisotopic (exact) mass is 278 g/mol. The number of aryl methyl sites for hydroxylation is 1. The standard InChI is InChI=1S/C14H12F2N2S/c1-8-4-2-3-5-12(8)19-13-10(15)6-9(14(17)18)7-11(13)16/h2-7H,1H3,(H3,17,18). The van der Waals surface area contributed by atoms with Gasteiger partial charge >= 0.3 is 0 Å². The number of amidine groups is 1. The molecule has 0 saturated heterocycles. The fourth-order valence-electron chi connectivity index (χ4n) is 1.59. The number of benzene rings is 2. The third kappa shape index (κ3) is 2.93. The molecule has 0 fully saturated rings. The van der Waals surface area contributed by atoms with E-state index in [0.29, 0.717) is 0 Å². The van der Waals surface area contributed by atoms with E-state index in [0.717, 1.165) is 34.4 Å². The number of nitrogens with one attached hydrogen (secondary N) is 1. The Hall–Kier alpha value is -1.88. The van der Waals surface area contributed by atoms with E-state index in [-0.39, 0.29) is 16.3 Å². The summed E-state index contributed by atoms with van der Waals surface area (Å²) in [4.78, 5) is 0.704. The van der Waals surface area contributed by atoms with Crippen molar-refractivity contribution in [1.82, 2.24) is 0 Å². The predicted molar refractivity (Wildman–Crippen MR) is 72.7 cm³/mol. The maximum Gasteiger partial charge on any atom is 0.140 e. The van der Waals surface area contributed by atoms with E-state index in [4.69, 9.17) is 11.1 Å². The average molecular weight is 278 g/mol. The molecule has 0 aromatic heterocycles. The minimum Gasteiger partial charge on any atom is -0.384 e. The molecule has 0 heterocycles. The SMILES string of the molecule is Cc1ccccc1Sc1c(F)cc(C(=N)N)cc1F. The molecule has 0 bridgehead atoms. The summed E-state index contributed by atoms with van der Waals surface area (Å²) in [6.07, 6.45) is 0. The Kier molecular flexibility index (Phi) is 3.85. The van der Waals surface area contributed by atoms with Gasteiger partial charge in [0.05, 0.1) is 4.90 Å². The molecule has 5 heteroatoms. The smallest absolute Gasteiger partial charge is 0.140 e. The zero-order valence-corrected chi connectivity index (χ0v) is 11.0. The molecule has 0 aliphatic carbocycles. The van der Waals surface area contributed by atoms with Gasteiger partial charge in [-0.05, 0) is 30.7 Å². The summed E-state index contributed by atoms with van der Waals surface area (Å²) in [5.74, 6) is -1.78. The maximum absolute atomic E-state index is 13.9. The molecule has 0 saturated carbocycles. The second-order valence-electron chi connectivity index (χ2n) is 4.05. The first-order chi connectivity index (χ1) is 8.99. The highest BCUT2D eigenvalue weighted by Crippen LogP contribution is 2.34. The third-order valence-electron chi connectivity index (χ3n) is 2.61. The van der Waals surface area contributed by atoms with Gasteiger partial charge in [0.15, 0.2) is 0 Å². The minimum absolute atomic E-state index is 0.0455. The predicted octanol–water partition coefficient (Wildman–Crippen LogP) is 3.71. The Labute approximate surface area is 114 Å². The van der Waals surface area contributed by atoms with Gasteiger partial charge in [0.25, 0.3) is 0 Å². The molecule has 19 heavy (non-hydrogen) atoms. The molecule has 2 aromatic rings. The number of nitrogen functional groups attached to an aromatic ring is 1. The Morgan fingerprint density at radius 2 is 1.74 bits per heavy atom. The van der Waals surface area contributed by atoms with Crippen molar-refractivity contribution in [2.24, 2.45) is 5.73 Å². The zero-order chi connectivity index (χ0) is 14.0. The zero-order valence-electron chi connectivity index (χ0n) is 10.2. The molecular weight excluding hydrogens is 266 g/mol. The Bertz CT molecular complexity index is 618. The van der Waals surface area contributed by atoms with Crippen LogP contribution >= 0.6 is 11.8 Å². The van der Waals surface area contributed by atoms with E-state index in [1.54, 1.807) is 6.07 Å². The molecule has 2 aromatic carbocycles. The van der Waals surface area contributed by atoms with Crippen LogP contribution in [0.2, 0.25) is 0 Å². The summed E-state index contributed by atoms with van der Waals surface area (Å²) in [7, 11) is 0. The Balaban J connectivity index is 2.42. The van der Waals surface area contributed by atoms with Gasteiger partial charge in [-0.15, -0.1) is 0 Å². The third-order valence-corrected chi connectivity index (χ3v) is 3.89. The lowest BCUT2D eigenvalue weighted by Crippen LogP contribution is -2.12. The van der Waals surface area contributed by atoms with Crippen LogP contribution in [0, 0.1) is 24.0 Å². The van der Waals surface area contributed by atoms with Gasteiger partial charge in [0.1, 0.15) is 17.5 Å². The van der Waals surface area contributed by atoms with Crippen LogP contribution in [0.1, 0.15) is 11.1 Å². The van der Waals surface area contributed by atoms with Gasteiger partial charge in [0, 0.05) is 10.5 Å². The molecule has 0 amide bonds. The Morgan fingerprint density at radius 3 is 2.26 bits per heavy atom. The van der Waals surface area contributed by atoms with Gasteiger partial charge in [0.2, 0.25) is 0 Å². The molecule has 0 atom stereocenters. The summed E-state index contributed by atoms with van der Waals surface area (Å²) in [5.41, 5.74) is 6.21.